The summed E-state index contributed by atoms with van der Waals surface area (Å²) in [4.78, 5) is 21.3. The second-order valence-electron chi connectivity index (χ2n) is 6.19. The first-order valence-electron chi connectivity index (χ1n) is 8.46. The second-order valence-corrected chi connectivity index (χ2v) is 6.59. The summed E-state index contributed by atoms with van der Waals surface area (Å²) < 4.78 is 5.77. The van der Waals surface area contributed by atoms with Crippen molar-refractivity contribution in [1.29, 1.82) is 0 Å². The maximum atomic E-state index is 12.8. The Bertz CT molecular complexity index is 546. The van der Waals surface area contributed by atoms with Gasteiger partial charge in [-0.1, -0.05) is 18.5 Å². The van der Waals surface area contributed by atoms with Crippen molar-refractivity contribution in [3.63, 3.8) is 0 Å². The third kappa shape index (κ3) is 3.61. The van der Waals surface area contributed by atoms with Crippen molar-refractivity contribution >= 4 is 23.3 Å². The number of carbonyl (C=O) groups excluding carboxylic acids is 1. The number of aromatic nitrogens is 1. The highest BCUT2D eigenvalue weighted by Crippen LogP contribution is 2.27. The van der Waals surface area contributed by atoms with E-state index < -0.39 is 0 Å². The first-order valence-corrected chi connectivity index (χ1v) is 8.84. The number of anilines is 1. The molecule has 2 aliphatic heterocycles. The summed E-state index contributed by atoms with van der Waals surface area (Å²) >= 11 is 6.21. The van der Waals surface area contributed by atoms with Gasteiger partial charge in [-0.2, -0.15) is 0 Å². The molecular formula is C17H24ClN3O2. The van der Waals surface area contributed by atoms with E-state index in [1.807, 2.05) is 17.0 Å². The monoisotopic (exact) mass is 337 g/mol. The zero-order valence-electron chi connectivity index (χ0n) is 13.6. The highest BCUT2D eigenvalue weighted by molar-refractivity contribution is 6.32. The van der Waals surface area contributed by atoms with E-state index in [1.54, 1.807) is 6.20 Å². The summed E-state index contributed by atoms with van der Waals surface area (Å²) in [5.41, 5.74) is 0. The number of amides is 1. The Morgan fingerprint density at radius 3 is 2.87 bits per heavy atom. The first kappa shape index (κ1) is 16.5. The van der Waals surface area contributed by atoms with Gasteiger partial charge in [-0.3, -0.25) is 4.79 Å². The van der Waals surface area contributed by atoms with Crippen LogP contribution in [-0.2, 0) is 9.53 Å². The Kier molecular flexibility index (Phi) is 5.38. The summed E-state index contributed by atoms with van der Waals surface area (Å²) in [6.45, 7) is 5.86. The molecule has 2 saturated heterocycles. The molecule has 0 radical (unpaired) electrons. The SMILES string of the molecule is CCC1OCCCC1C(=O)N1CCN(c2ncccc2Cl)CC1. The fourth-order valence-corrected chi connectivity index (χ4v) is 3.75. The van der Waals surface area contributed by atoms with E-state index in [2.05, 4.69) is 16.8 Å². The molecule has 6 heteroatoms. The molecule has 0 spiro atoms. The molecule has 2 fully saturated rings. The first-order chi connectivity index (χ1) is 11.2. The lowest BCUT2D eigenvalue weighted by Crippen LogP contribution is -2.52. The van der Waals surface area contributed by atoms with Crippen LogP contribution in [0.4, 0.5) is 5.82 Å². The Morgan fingerprint density at radius 2 is 2.17 bits per heavy atom. The fourth-order valence-electron chi connectivity index (χ4n) is 3.51. The number of piperazine rings is 1. The Morgan fingerprint density at radius 1 is 1.39 bits per heavy atom. The molecule has 1 aromatic heterocycles. The van der Waals surface area contributed by atoms with Gasteiger partial charge in [-0.15, -0.1) is 0 Å². The number of rotatable bonds is 3. The van der Waals surface area contributed by atoms with Crippen molar-refractivity contribution in [3.8, 4) is 0 Å². The smallest absolute Gasteiger partial charge is 0.228 e. The molecule has 0 N–H and O–H groups in total. The van der Waals surface area contributed by atoms with E-state index >= 15 is 0 Å². The predicted molar refractivity (Wildman–Crippen MR) is 90.8 cm³/mol. The number of pyridine rings is 1. The molecule has 126 valence electrons. The lowest BCUT2D eigenvalue weighted by molar-refractivity contribution is -0.145. The lowest BCUT2D eigenvalue weighted by atomic mass is 9.91. The topological polar surface area (TPSA) is 45.7 Å². The Hall–Kier alpha value is -1.33. The molecule has 2 unspecified atom stereocenters. The van der Waals surface area contributed by atoms with E-state index in [0.29, 0.717) is 5.02 Å². The van der Waals surface area contributed by atoms with E-state index in [0.717, 1.165) is 57.9 Å². The maximum absolute atomic E-state index is 12.8. The third-order valence-electron chi connectivity index (χ3n) is 4.79. The van der Waals surface area contributed by atoms with E-state index in [1.165, 1.54) is 0 Å². The molecule has 0 saturated carbocycles. The summed E-state index contributed by atoms with van der Waals surface area (Å²) in [7, 11) is 0. The van der Waals surface area contributed by atoms with Gasteiger partial charge in [0.05, 0.1) is 17.0 Å². The molecule has 0 aromatic carbocycles. The normalized spacial score (nSPS) is 25.5. The maximum Gasteiger partial charge on any atom is 0.228 e. The van der Waals surface area contributed by atoms with Gasteiger partial charge in [-0.05, 0) is 31.4 Å². The van der Waals surface area contributed by atoms with E-state index in [-0.39, 0.29) is 17.9 Å². The standard InChI is InChI=1S/C17H24ClN3O2/c1-2-15-13(5-4-12-23-15)17(22)21-10-8-20(9-11-21)16-14(18)6-3-7-19-16/h3,6-7,13,15H,2,4-5,8-12H2,1H3. The number of carbonyl (C=O) groups is 1. The van der Waals surface area contributed by atoms with Crippen LogP contribution < -0.4 is 4.90 Å². The number of nitrogens with zero attached hydrogens (tertiary/aromatic N) is 3. The van der Waals surface area contributed by atoms with E-state index in [4.69, 9.17) is 16.3 Å². The predicted octanol–water partition coefficient (Wildman–Crippen LogP) is 2.59. The highest BCUT2D eigenvalue weighted by atomic mass is 35.5. The minimum Gasteiger partial charge on any atom is -0.377 e. The van der Waals surface area contributed by atoms with Crippen LogP contribution in [-0.4, -0.2) is 54.7 Å². The Balaban J connectivity index is 1.60. The van der Waals surface area contributed by atoms with Gasteiger partial charge < -0.3 is 14.5 Å². The van der Waals surface area contributed by atoms with E-state index in [9.17, 15) is 4.79 Å². The van der Waals surface area contributed by atoms with Gasteiger partial charge in [0, 0.05) is 39.0 Å². The average Bonchev–Trinajstić information content (AvgIpc) is 2.61. The molecule has 3 rings (SSSR count). The van der Waals surface area contributed by atoms with Gasteiger partial charge in [0.25, 0.3) is 0 Å². The van der Waals surface area contributed by atoms with Crippen LogP contribution in [0.15, 0.2) is 18.3 Å². The quantitative estimate of drug-likeness (QED) is 0.850. The van der Waals surface area contributed by atoms with Crippen LogP contribution in [0, 0.1) is 5.92 Å². The molecule has 0 bridgehead atoms. The fraction of sp³-hybridized carbons (Fsp3) is 0.647. The number of hydrogen-bond donors (Lipinski definition) is 0. The number of halogens is 1. The minimum atomic E-state index is 0.0266. The third-order valence-corrected chi connectivity index (χ3v) is 5.08. The van der Waals surface area contributed by atoms with Crippen molar-refractivity contribution in [2.45, 2.75) is 32.3 Å². The molecule has 1 amide bonds. The van der Waals surface area contributed by atoms with Crippen LogP contribution in [0.5, 0.6) is 0 Å². The molecule has 0 aliphatic carbocycles. The van der Waals surface area contributed by atoms with Gasteiger partial charge in [0.2, 0.25) is 5.91 Å². The Labute approximate surface area is 142 Å². The molecular weight excluding hydrogens is 314 g/mol. The summed E-state index contributed by atoms with van der Waals surface area (Å²) in [6, 6.07) is 3.69. The van der Waals surface area contributed by atoms with Gasteiger partial charge in [0.1, 0.15) is 5.82 Å². The molecule has 23 heavy (non-hydrogen) atoms. The largest absolute Gasteiger partial charge is 0.377 e. The van der Waals surface area contributed by atoms with Crippen molar-refractivity contribution < 1.29 is 9.53 Å². The zero-order chi connectivity index (χ0) is 16.2. The summed E-state index contributed by atoms with van der Waals surface area (Å²) in [5.74, 6) is 1.09. The molecule has 2 atom stereocenters. The van der Waals surface area contributed by atoms with Gasteiger partial charge >= 0.3 is 0 Å². The average molecular weight is 338 g/mol. The number of ether oxygens (including phenoxy) is 1. The van der Waals surface area contributed by atoms with Crippen LogP contribution in [0.25, 0.3) is 0 Å². The minimum absolute atomic E-state index is 0.0266. The van der Waals surface area contributed by atoms with Crippen LogP contribution in [0.2, 0.25) is 5.02 Å². The zero-order valence-corrected chi connectivity index (χ0v) is 14.3. The molecule has 1 aromatic rings. The molecule has 5 nitrogen and oxygen atoms in total. The molecule has 3 heterocycles. The van der Waals surface area contributed by atoms with Crippen molar-refractivity contribution in [2.75, 3.05) is 37.7 Å². The second kappa shape index (κ2) is 7.49. The van der Waals surface area contributed by atoms with Crippen LogP contribution in [0.3, 0.4) is 0 Å². The van der Waals surface area contributed by atoms with Gasteiger partial charge in [-0.25, -0.2) is 4.98 Å². The number of hydrogen-bond acceptors (Lipinski definition) is 4. The van der Waals surface area contributed by atoms with Gasteiger partial charge in [0.15, 0.2) is 0 Å². The lowest BCUT2D eigenvalue weighted by Gasteiger charge is -2.39. The van der Waals surface area contributed by atoms with Crippen LogP contribution in [0.1, 0.15) is 26.2 Å². The molecule has 2 aliphatic rings. The van der Waals surface area contributed by atoms with Crippen molar-refractivity contribution in [3.05, 3.63) is 23.4 Å². The van der Waals surface area contributed by atoms with Crippen LogP contribution >= 0.6 is 11.6 Å². The van der Waals surface area contributed by atoms with Crippen molar-refractivity contribution in [1.82, 2.24) is 9.88 Å². The highest BCUT2D eigenvalue weighted by Gasteiger charge is 2.35. The van der Waals surface area contributed by atoms with Crippen molar-refractivity contribution in [2.24, 2.45) is 5.92 Å². The summed E-state index contributed by atoms with van der Waals surface area (Å²) in [6.07, 6.45) is 4.67. The summed E-state index contributed by atoms with van der Waals surface area (Å²) in [5, 5.41) is 0.666.